The molecule has 0 saturated carbocycles. The first kappa shape index (κ1) is 27.6. The van der Waals surface area contributed by atoms with E-state index in [1.54, 1.807) is 6.92 Å². The zero-order valence-corrected chi connectivity index (χ0v) is 23.4. The summed E-state index contributed by atoms with van der Waals surface area (Å²) in [5, 5.41) is 6.75. The minimum absolute atomic E-state index is 0.0662. The molecule has 2 aliphatic heterocycles. The van der Waals surface area contributed by atoms with Gasteiger partial charge < -0.3 is 19.4 Å². The molecule has 206 valence electrons. The van der Waals surface area contributed by atoms with Crippen molar-refractivity contribution in [1.82, 2.24) is 10.2 Å². The van der Waals surface area contributed by atoms with Gasteiger partial charge >= 0.3 is 5.97 Å². The van der Waals surface area contributed by atoms with Crippen molar-refractivity contribution in [3.8, 4) is 0 Å². The highest BCUT2D eigenvalue weighted by Crippen LogP contribution is 2.41. The second-order valence-corrected chi connectivity index (χ2v) is 12.1. The minimum Gasteiger partial charge on any atom is -0.614 e. The molecule has 1 N–H and O–H groups in total. The Labute approximate surface area is 238 Å². The number of β-lactam (4-membered cyclic amide) rings is 1. The monoisotopic (exact) mass is 577 g/mol. The first-order chi connectivity index (χ1) is 19.4. The van der Waals surface area contributed by atoms with Crippen LogP contribution in [0.25, 0.3) is 0 Å². The van der Waals surface area contributed by atoms with Gasteiger partial charge in [0.05, 0.1) is 18.2 Å². The molecule has 0 radical (unpaired) electrons. The molecule has 5 rings (SSSR count). The van der Waals surface area contributed by atoms with Gasteiger partial charge in [0.25, 0.3) is 5.91 Å². The van der Waals surface area contributed by atoms with Gasteiger partial charge in [-0.25, -0.2) is 4.79 Å². The molecule has 2 aromatic carbocycles. The molecule has 4 atom stereocenters. The van der Waals surface area contributed by atoms with E-state index >= 15 is 0 Å². The lowest BCUT2D eigenvalue weighted by atomic mass is 9.99. The SMILES string of the molecule is CON=CC1=C(C(=O)OC(c2ccccc2)c2ccccc2)N2C(=O)C(NC(=O)Cc3cccs3)[C@@H]2[S+]([O-])[C@@H]1C. The highest BCUT2D eigenvalue weighted by molar-refractivity contribution is 7.93. The van der Waals surface area contributed by atoms with Crippen LogP contribution in [0.4, 0.5) is 0 Å². The summed E-state index contributed by atoms with van der Waals surface area (Å²) < 4.78 is 19.6. The molecule has 1 aromatic heterocycles. The van der Waals surface area contributed by atoms with Gasteiger partial charge in [0.2, 0.25) is 11.3 Å². The van der Waals surface area contributed by atoms with Gasteiger partial charge in [-0.2, -0.15) is 0 Å². The van der Waals surface area contributed by atoms with Crippen molar-refractivity contribution in [2.75, 3.05) is 7.11 Å². The van der Waals surface area contributed by atoms with Crippen LogP contribution in [-0.4, -0.2) is 57.2 Å². The lowest BCUT2D eigenvalue weighted by Gasteiger charge is -2.50. The average molecular weight is 578 g/mol. The quantitative estimate of drug-likeness (QED) is 0.137. The fraction of sp³-hybridized carbons (Fsp3) is 0.241. The third-order valence-corrected chi connectivity index (χ3v) is 9.52. The zero-order chi connectivity index (χ0) is 28.2. The number of carbonyl (C=O) groups excluding carboxylic acids is 3. The van der Waals surface area contributed by atoms with Gasteiger partial charge in [0.1, 0.15) is 18.1 Å². The van der Waals surface area contributed by atoms with Crippen molar-refractivity contribution in [1.29, 1.82) is 0 Å². The molecule has 0 bridgehead atoms. The predicted octanol–water partition coefficient (Wildman–Crippen LogP) is 3.31. The third kappa shape index (κ3) is 5.40. The number of rotatable bonds is 9. The molecule has 0 spiro atoms. The minimum atomic E-state index is -1.65. The van der Waals surface area contributed by atoms with Gasteiger partial charge in [0.15, 0.2) is 12.1 Å². The first-order valence-electron chi connectivity index (χ1n) is 12.6. The van der Waals surface area contributed by atoms with Crippen LogP contribution >= 0.6 is 11.3 Å². The van der Waals surface area contributed by atoms with Crippen molar-refractivity contribution >= 4 is 46.5 Å². The number of ether oxygens (including phenoxy) is 1. The highest BCUT2D eigenvalue weighted by Gasteiger charge is 2.63. The van der Waals surface area contributed by atoms with Crippen molar-refractivity contribution in [3.05, 3.63) is 105 Å². The van der Waals surface area contributed by atoms with E-state index in [1.807, 2.05) is 78.2 Å². The number of thiophene rings is 1. The summed E-state index contributed by atoms with van der Waals surface area (Å²) in [6.45, 7) is 1.68. The molecule has 9 nitrogen and oxygen atoms in total. The van der Waals surface area contributed by atoms with E-state index in [-0.39, 0.29) is 23.6 Å². The van der Waals surface area contributed by atoms with Gasteiger partial charge in [0, 0.05) is 4.88 Å². The Balaban J connectivity index is 1.47. The molecule has 11 heteroatoms. The van der Waals surface area contributed by atoms with E-state index in [0.717, 1.165) is 16.0 Å². The van der Waals surface area contributed by atoms with E-state index in [4.69, 9.17) is 9.57 Å². The maximum atomic E-state index is 13.9. The van der Waals surface area contributed by atoms with Gasteiger partial charge in [-0.1, -0.05) is 71.9 Å². The molecule has 2 amide bonds. The van der Waals surface area contributed by atoms with Gasteiger partial charge in [-0.15, -0.1) is 11.3 Å². The zero-order valence-electron chi connectivity index (χ0n) is 21.8. The number of esters is 1. The summed E-state index contributed by atoms with van der Waals surface area (Å²) >= 11 is -0.222. The third-order valence-electron chi connectivity index (χ3n) is 6.73. The Hall–Kier alpha value is -3.93. The summed E-state index contributed by atoms with van der Waals surface area (Å²) in [6.07, 6.45) is 0.621. The second-order valence-electron chi connectivity index (χ2n) is 9.20. The highest BCUT2D eigenvalue weighted by atomic mass is 32.2. The van der Waals surface area contributed by atoms with E-state index in [9.17, 15) is 18.9 Å². The van der Waals surface area contributed by atoms with Crippen molar-refractivity contribution in [2.24, 2.45) is 5.16 Å². The molecule has 1 fully saturated rings. The number of benzene rings is 2. The Morgan fingerprint density at radius 1 is 1.10 bits per heavy atom. The smallest absolute Gasteiger partial charge is 0.356 e. The van der Waals surface area contributed by atoms with Crippen molar-refractivity contribution < 1.29 is 28.5 Å². The number of hydrogen-bond donors (Lipinski definition) is 1. The van der Waals surface area contributed by atoms with Crippen molar-refractivity contribution in [2.45, 2.75) is 36.1 Å². The summed E-state index contributed by atoms with van der Waals surface area (Å²) in [7, 11) is 1.34. The maximum Gasteiger partial charge on any atom is 0.356 e. The summed E-state index contributed by atoms with van der Waals surface area (Å²) in [5.41, 5.74) is 1.67. The molecule has 0 aliphatic carbocycles. The normalized spacial score (nSPS) is 22.2. The molecule has 3 aromatic rings. The average Bonchev–Trinajstić information content (AvgIpc) is 3.49. The number of carbonyl (C=O) groups is 3. The molecule has 2 unspecified atom stereocenters. The standard InChI is InChI=1S/C29H27N3O6S2/c1-18-22(17-30-37-2)25(29(35)38-26(19-10-5-3-6-11-19)20-12-7-4-8-13-20)32-27(34)24(28(32)40(18)36)31-23(33)16-21-14-9-15-39-21/h3-15,17-18,24,26,28H,16H2,1-2H3,(H,31,33)/t18-,24?,28+,40?/m1/s1. The number of amides is 2. The summed E-state index contributed by atoms with van der Waals surface area (Å²) in [5.74, 6) is -1.69. The molecular formula is C29H27N3O6S2. The Kier molecular flexibility index (Phi) is 8.34. The molecule has 3 heterocycles. The number of oxime groups is 1. The van der Waals surface area contributed by atoms with Crippen LogP contribution in [0.15, 0.2) is 94.6 Å². The Morgan fingerprint density at radius 3 is 2.33 bits per heavy atom. The van der Waals surface area contributed by atoms with Crippen LogP contribution in [0.3, 0.4) is 0 Å². The fourth-order valence-corrected chi connectivity index (χ4v) is 7.19. The lowest BCUT2D eigenvalue weighted by Crippen LogP contribution is -2.75. The van der Waals surface area contributed by atoms with E-state index in [2.05, 4.69) is 10.5 Å². The van der Waals surface area contributed by atoms with Crippen LogP contribution in [0, 0.1) is 0 Å². The van der Waals surface area contributed by atoms with Crippen LogP contribution in [-0.2, 0) is 41.6 Å². The molecule has 40 heavy (non-hydrogen) atoms. The Morgan fingerprint density at radius 2 is 1.75 bits per heavy atom. The van der Waals surface area contributed by atoms with Crippen LogP contribution in [0.5, 0.6) is 0 Å². The molecule has 2 aliphatic rings. The van der Waals surface area contributed by atoms with Crippen LogP contribution in [0.2, 0.25) is 0 Å². The predicted molar refractivity (Wildman–Crippen MR) is 152 cm³/mol. The van der Waals surface area contributed by atoms with Crippen LogP contribution in [0.1, 0.15) is 29.0 Å². The lowest BCUT2D eigenvalue weighted by molar-refractivity contribution is -0.155. The second kappa shape index (κ2) is 12.1. The maximum absolute atomic E-state index is 13.9. The number of nitrogens with zero attached hydrogens (tertiary/aromatic N) is 2. The number of nitrogens with one attached hydrogen (secondary N) is 1. The number of fused-ring (bicyclic) bond motifs is 1. The van der Waals surface area contributed by atoms with Crippen LogP contribution < -0.4 is 5.32 Å². The van der Waals surface area contributed by atoms with Gasteiger partial charge in [-0.3, -0.25) is 14.5 Å². The van der Waals surface area contributed by atoms with Crippen molar-refractivity contribution in [3.63, 3.8) is 0 Å². The number of hydrogen-bond acceptors (Lipinski definition) is 8. The summed E-state index contributed by atoms with van der Waals surface area (Å²) in [4.78, 5) is 46.8. The van der Waals surface area contributed by atoms with Gasteiger partial charge in [-0.05, 0) is 40.7 Å². The molecular weight excluding hydrogens is 550 g/mol. The molecule has 1 saturated heterocycles. The Bertz CT molecular complexity index is 1390. The first-order valence-corrected chi connectivity index (χ1v) is 14.7. The van der Waals surface area contributed by atoms with E-state index in [1.165, 1.54) is 29.6 Å². The summed E-state index contributed by atoms with van der Waals surface area (Å²) in [6, 6.07) is 21.1. The van der Waals surface area contributed by atoms with E-state index < -0.39 is 45.8 Å². The topological polar surface area (TPSA) is 120 Å². The van der Waals surface area contributed by atoms with E-state index in [0.29, 0.717) is 0 Å². The fourth-order valence-electron chi connectivity index (χ4n) is 4.77. The largest absolute Gasteiger partial charge is 0.614 e.